The number of amides is 1. The minimum Gasteiger partial charge on any atom is -0.383 e. The summed E-state index contributed by atoms with van der Waals surface area (Å²) in [7, 11) is 1.49. The van der Waals surface area contributed by atoms with Crippen LogP contribution in [0, 0.1) is 6.92 Å². The smallest absolute Gasteiger partial charge is 0.330 e. The highest BCUT2D eigenvalue weighted by Crippen LogP contribution is 2.19. The van der Waals surface area contributed by atoms with Crippen molar-refractivity contribution in [2.24, 2.45) is 0 Å². The zero-order chi connectivity index (χ0) is 20.0. The number of ether oxygens (including phenoxy) is 1. The highest BCUT2D eigenvalue weighted by Gasteiger charge is 2.25. The molecule has 1 amide bonds. The summed E-state index contributed by atoms with van der Waals surface area (Å²) in [5, 5.41) is 0. The molecule has 9 nitrogen and oxygen atoms in total. The van der Waals surface area contributed by atoms with Crippen LogP contribution in [0.2, 0.25) is 0 Å². The highest BCUT2D eigenvalue weighted by atomic mass is 16.5. The van der Waals surface area contributed by atoms with Gasteiger partial charge in [0, 0.05) is 32.1 Å². The molecule has 0 unspecified atom stereocenters. The Morgan fingerprint density at radius 1 is 1.37 bits per heavy atom. The average Bonchev–Trinajstić information content (AvgIpc) is 2.64. The van der Waals surface area contributed by atoms with E-state index in [-0.39, 0.29) is 24.7 Å². The van der Waals surface area contributed by atoms with Crippen LogP contribution in [0.3, 0.4) is 0 Å². The van der Waals surface area contributed by atoms with Gasteiger partial charge in [0.05, 0.1) is 12.2 Å². The van der Waals surface area contributed by atoms with Crippen molar-refractivity contribution in [3.8, 4) is 0 Å². The van der Waals surface area contributed by atoms with Crippen molar-refractivity contribution in [2.75, 3.05) is 30.9 Å². The fourth-order valence-electron chi connectivity index (χ4n) is 2.62. The zero-order valence-corrected chi connectivity index (χ0v) is 15.8. The van der Waals surface area contributed by atoms with E-state index < -0.39 is 17.2 Å². The summed E-state index contributed by atoms with van der Waals surface area (Å²) in [5.41, 5.74) is 5.84. The number of hydrogen-bond acceptors (Lipinski definition) is 6. The van der Waals surface area contributed by atoms with Gasteiger partial charge in [0.15, 0.2) is 5.69 Å². The van der Waals surface area contributed by atoms with E-state index in [9.17, 15) is 14.4 Å². The molecular formula is C18H25N5O4. The molecule has 0 saturated heterocycles. The number of nitrogens with two attached hydrogens (primary N) is 1. The predicted molar refractivity (Wildman–Crippen MR) is 103 cm³/mol. The summed E-state index contributed by atoms with van der Waals surface area (Å²) in [6, 6.07) is 3.33. The first-order valence-corrected chi connectivity index (χ1v) is 8.76. The second-order valence-corrected chi connectivity index (χ2v) is 6.14. The molecule has 0 aliphatic rings. The van der Waals surface area contributed by atoms with Gasteiger partial charge < -0.3 is 10.5 Å². The van der Waals surface area contributed by atoms with E-state index in [4.69, 9.17) is 10.5 Å². The van der Waals surface area contributed by atoms with E-state index >= 15 is 0 Å². The standard InChI is InChI=1S/C18H25N5O4/c1-4-5-8-23-15(19)14(16(24)21-18(23)26)22(9-10-27-3)17(25)13-7-6-12(2)20-11-13/h6-7,11H,4-5,8-10,19H2,1-3H3,(H,21,24,26). The van der Waals surface area contributed by atoms with Crippen LogP contribution in [0.1, 0.15) is 35.8 Å². The maximum atomic E-state index is 13.0. The molecule has 27 heavy (non-hydrogen) atoms. The Bertz CT molecular complexity index is 901. The number of aryl methyl sites for hydroxylation is 1. The largest absolute Gasteiger partial charge is 0.383 e. The molecule has 0 aliphatic heterocycles. The molecule has 0 radical (unpaired) electrons. The maximum Gasteiger partial charge on any atom is 0.330 e. The van der Waals surface area contributed by atoms with Gasteiger partial charge >= 0.3 is 5.69 Å². The molecule has 9 heteroatoms. The number of nitrogen functional groups attached to an aromatic ring is 1. The van der Waals surface area contributed by atoms with Crippen LogP contribution in [0.15, 0.2) is 27.9 Å². The number of rotatable bonds is 8. The van der Waals surface area contributed by atoms with Crippen LogP contribution >= 0.6 is 0 Å². The van der Waals surface area contributed by atoms with Crippen LogP contribution in [0.5, 0.6) is 0 Å². The van der Waals surface area contributed by atoms with Crippen LogP contribution in [0.4, 0.5) is 11.5 Å². The van der Waals surface area contributed by atoms with E-state index in [2.05, 4.69) is 9.97 Å². The van der Waals surface area contributed by atoms with E-state index in [0.29, 0.717) is 18.5 Å². The minimum atomic E-state index is -0.713. The van der Waals surface area contributed by atoms with Crippen LogP contribution < -0.4 is 21.9 Å². The molecule has 0 spiro atoms. The molecule has 3 N–H and O–H groups in total. The molecule has 0 atom stereocenters. The summed E-state index contributed by atoms with van der Waals surface area (Å²) < 4.78 is 6.34. The summed E-state index contributed by atoms with van der Waals surface area (Å²) in [4.78, 5) is 45.2. The van der Waals surface area contributed by atoms with Crippen molar-refractivity contribution in [1.82, 2.24) is 14.5 Å². The SMILES string of the molecule is CCCCn1c(N)c(N(CCOC)C(=O)c2ccc(C)nc2)c(=O)[nH]c1=O. The minimum absolute atomic E-state index is 0.0401. The quantitative estimate of drug-likeness (QED) is 0.707. The Labute approximate surface area is 156 Å². The van der Waals surface area contributed by atoms with E-state index in [1.165, 1.54) is 22.8 Å². The molecule has 0 aromatic carbocycles. The molecule has 2 heterocycles. The van der Waals surface area contributed by atoms with Crippen LogP contribution in [-0.4, -0.2) is 40.7 Å². The highest BCUT2D eigenvalue weighted by molar-refractivity contribution is 6.07. The van der Waals surface area contributed by atoms with Gasteiger partial charge in [-0.1, -0.05) is 13.3 Å². The number of nitrogens with one attached hydrogen (secondary N) is 1. The maximum absolute atomic E-state index is 13.0. The normalized spacial score (nSPS) is 10.8. The van der Waals surface area contributed by atoms with E-state index in [1.54, 1.807) is 12.1 Å². The molecule has 2 aromatic heterocycles. The first-order chi connectivity index (χ1) is 12.9. The summed E-state index contributed by atoms with van der Waals surface area (Å²) in [6.07, 6.45) is 3.00. The summed E-state index contributed by atoms with van der Waals surface area (Å²) >= 11 is 0. The number of carbonyl (C=O) groups is 1. The topological polar surface area (TPSA) is 123 Å². The monoisotopic (exact) mass is 375 g/mol. The number of aromatic amines is 1. The van der Waals surface area contributed by atoms with Crippen molar-refractivity contribution in [1.29, 1.82) is 0 Å². The van der Waals surface area contributed by atoms with Crippen LogP contribution in [-0.2, 0) is 11.3 Å². The Morgan fingerprint density at radius 3 is 2.70 bits per heavy atom. The van der Waals surface area contributed by atoms with Crippen molar-refractivity contribution in [3.63, 3.8) is 0 Å². The van der Waals surface area contributed by atoms with Gasteiger partial charge in [-0.25, -0.2) is 4.79 Å². The Balaban J connectivity index is 2.55. The molecular weight excluding hydrogens is 350 g/mol. The van der Waals surface area contributed by atoms with Gasteiger partial charge in [0.2, 0.25) is 0 Å². The molecule has 146 valence electrons. The molecule has 0 fully saturated rings. The van der Waals surface area contributed by atoms with Gasteiger partial charge in [-0.2, -0.15) is 0 Å². The molecule has 0 saturated carbocycles. The Morgan fingerprint density at radius 2 is 2.11 bits per heavy atom. The fraction of sp³-hybridized carbons (Fsp3) is 0.444. The number of carbonyl (C=O) groups excluding carboxylic acids is 1. The lowest BCUT2D eigenvalue weighted by molar-refractivity contribution is 0.0975. The Hall–Kier alpha value is -2.94. The summed E-state index contributed by atoms with van der Waals surface area (Å²) in [6.45, 7) is 4.43. The Kier molecular flexibility index (Phi) is 6.89. The number of nitrogens with zero attached hydrogens (tertiary/aromatic N) is 3. The van der Waals surface area contributed by atoms with E-state index in [1.807, 2.05) is 13.8 Å². The van der Waals surface area contributed by atoms with Crippen molar-refractivity contribution in [2.45, 2.75) is 33.2 Å². The lowest BCUT2D eigenvalue weighted by atomic mass is 10.2. The second-order valence-electron chi connectivity index (χ2n) is 6.14. The van der Waals surface area contributed by atoms with E-state index in [0.717, 1.165) is 12.1 Å². The fourth-order valence-corrected chi connectivity index (χ4v) is 2.62. The molecule has 0 bridgehead atoms. The number of H-pyrrole nitrogens is 1. The lowest BCUT2D eigenvalue weighted by Gasteiger charge is -2.24. The van der Waals surface area contributed by atoms with Gasteiger partial charge in [-0.05, 0) is 25.5 Å². The van der Waals surface area contributed by atoms with Gasteiger partial charge in [0.1, 0.15) is 5.82 Å². The number of aromatic nitrogens is 3. The van der Waals surface area contributed by atoms with Crippen molar-refractivity contribution >= 4 is 17.4 Å². The predicted octanol–water partition coefficient (Wildman–Crippen LogP) is 0.916. The molecule has 0 aliphatic carbocycles. The third kappa shape index (κ3) is 4.62. The molecule has 2 aromatic rings. The third-order valence-corrected chi connectivity index (χ3v) is 4.14. The first kappa shape index (κ1) is 20.4. The van der Waals surface area contributed by atoms with Gasteiger partial charge in [-0.3, -0.25) is 29.0 Å². The second kappa shape index (κ2) is 9.13. The first-order valence-electron chi connectivity index (χ1n) is 8.76. The van der Waals surface area contributed by atoms with Gasteiger partial charge in [0.25, 0.3) is 11.5 Å². The van der Waals surface area contributed by atoms with Gasteiger partial charge in [-0.15, -0.1) is 0 Å². The van der Waals surface area contributed by atoms with Crippen LogP contribution in [0.25, 0.3) is 0 Å². The number of anilines is 2. The lowest BCUT2D eigenvalue weighted by Crippen LogP contribution is -2.42. The number of methoxy groups -OCH3 is 1. The molecule has 2 rings (SSSR count). The number of hydrogen-bond donors (Lipinski definition) is 2. The zero-order valence-electron chi connectivity index (χ0n) is 15.8. The van der Waals surface area contributed by atoms with Crippen molar-refractivity contribution < 1.29 is 9.53 Å². The number of unbranched alkanes of at least 4 members (excludes halogenated alkanes) is 1. The summed E-state index contributed by atoms with van der Waals surface area (Å²) in [5.74, 6) is -0.487. The van der Waals surface area contributed by atoms with Crippen molar-refractivity contribution in [3.05, 3.63) is 50.4 Å². The average molecular weight is 375 g/mol. The number of pyridine rings is 1. The third-order valence-electron chi connectivity index (χ3n) is 4.14.